The largest absolute Gasteiger partial charge is 0.490 e. The number of benzene rings is 1. The van der Waals surface area contributed by atoms with Gasteiger partial charge in [0.05, 0.1) is 5.02 Å². The van der Waals surface area contributed by atoms with Crippen molar-refractivity contribution in [2.45, 2.75) is 37.8 Å². The van der Waals surface area contributed by atoms with Crippen molar-refractivity contribution in [3.8, 4) is 5.75 Å². The third-order valence-corrected chi connectivity index (χ3v) is 3.64. The van der Waals surface area contributed by atoms with E-state index in [2.05, 4.69) is 11.9 Å². The zero-order valence-corrected chi connectivity index (χ0v) is 11.3. The van der Waals surface area contributed by atoms with E-state index in [0.29, 0.717) is 23.7 Å². The van der Waals surface area contributed by atoms with Crippen molar-refractivity contribution in [2.24, 2.45) is 0 Å². The number of hydrogen-bond donors (Lipinski definition) is 1. The van der Waals surface area contributed by atoms with Crippen molar-refractivity contribution in [3.63, 3.8) is 0 Å². The molecule has 0 radical (unpaired) electrons. The Morgan fingerprint density at radius 2 is 2.11 bits per heavy atom. The lowest BCUT2D eigenvalue weighted by molar-refractivity contribution is 0.272. The minimum Gasteiger partial charge on any atom is -0.490 e. The highest BCUT2D eigenvalue weighted by Crippen LogP contribution is 2.24. The number of ether oxygens (including phenoxy) is 1. The average molecular weight is 266 g/mol. The lowest BCUT2D eigenvalue weighted by atomic mass is 10.1. The average Bonchev–Trinajstić information content (AvgIpc) is 2.83. The minimum atomic E-state index is 0.441. The molecule has 3 heteroatoms. The summed E-state index contributed by atoms with van der Waals surface area (Å²) in [4.78, 5) is 0. The van der Waals surface area contributed by atoms with Crippen LogP contribution < -0.4 is 10.1 Å². The Balaban J connectivity index is 1.75. The van der Waals surface area contributed by atoms with Gasteiger partial charge < -0.3 is 10.1 Å². The molecule has 2 atom stereocenters. The van der Waals surface area contributed by atoms with Crippen LogP contribution in [0.15, 0.2) is 36.9 Å². The van der Waals surface area contributed by atoms with Crippen LogP contribution in [0.1, 0.15) is 25.7 Å². The molecular weight excluding hydrogens is 246 g/mol. The van der Waals surface area contributed by atoms with Gasteiger partial charge in [0.15, 0.2) is 0 Å². The maximum atomic E-state index is 6.05. The van der Waals surface area contributed by atoms with Crippen LogP contribution in [0, 0.1) is 0 Å². The second kappa shape index (κ2) is 6.81. The van der Waals surface area contributed by atoms with Gasteiger partial charge in [0, 0.05) is 12.1 Å². The number of allylic oxidation sites excluding steroid dienone is 1. The summed E-state index contributed by atoms with van der Waals surface area (Å²) in [6.45, 7) is 4.45. The molecule has 1 fully saturated rings. The normalized spacial score (nSPS) is 22.9. The summed E-state index contributed by atoms with van der Waals surface area (Å²) in [6.07, 6.45) is 6.63. The molecule has 0 saturated carbocycles. The third kappa shape index (κ3) is 3.76. The number of hydrogen-bond acceptors (Lipinski definition) is 2. The van der Waals surface area contributed by atoms with Gasteiger partial charge in [-0.15, -0.1) is 6.58 Å². The van der Waals surface area contributed by atoms with Crippen molar-refractivity contribution in [1.82, 2.24) is 5.32 Å². The minimum absolute atomic E-state index is 0.441. The summed E-state index contributed by atoms with van der Waals surface area (Å²) < 4.78 is 5.76. The van der Waals surface area contributed by atoms with Gasteiger partial charge in [0.1, 0.15) is 12.4 Å². The first-order chi connectivity index (χ1) is 8.79. The van der Waals surface area contributed by atoms with E-state index in [1.54, 1.807) is 0 Å². The molecule has 0 spiro atoms. The monoisotopic (exact) mass is 265 g/mol. The molecule has 1 aromatic carbocycles. The molecule has 2 rings (SSSR count). The van der Waals surface area contributed by atoms with Crippen LogP contribution in [-0.2, 0) is 0 Å². The molecule has 1 N–H and O–H groups in total. The molecule has 1 heterocycles. The zero-order valence-electron chi connectivity index (χ0n) is 10.6. The molecule has 0 aromatic heterocycles. The summed E-state index contributed by atoms with van der Waals surface area (Å²) in [5.41, 5.74) is 0. The Hall–Kier alpha value is -0.990. The Morgan fingerprint density at radius 3 is 2.89 bits per heavy atom. The molecule has 1 saturated heterocycles. The Labute approximate surface area is 114 Å². The highest BCUT2D eigenvalue weighted by Gasteiger charge is 2.23. The molecule has 0 aliphatic carbocycles. The van der Waals surface area contributed by atoms with Crippen molar-refractivity contribution < 1.29 is 4.74 Å². The predicted molar refractivity (Wildman–Crippen MR) is 76.3 cm³/mol. The molecule has 18 heavy (non-hydrogen) atoms. The van der Waals surface area contributed by atoms with Gasteiger partial charge in [-0.2, -0.15) is 0 Å². The second-order valence-electron chi connectivity index (χ2n) is 4.75. The van der Waals surface area contributed by atoms with E-state index in [-0.39, 0.29) is 0 Å². The van der Waals surface area contributed by atoms with E-state index in [4.69, 9.17) is 16.3 Å². The van der Waals surface area contributed by atoms with Crippen LogP contribution >= 0.6 is 11.6 Å². The van der Waals surface area contributed by atoms with Crippen LogP contribution in [0.5, 0.6) is 5.75 Å². The Morgan fingerprint density at radius 1 is 1.33 bits per heavy atom. The SMILES string of the molecule is C=CCC[C@@H]1CC[C@H](COc2ccccc2Cl)N1. The van der Waals surface area contributed by atoms with Gasteiger partial charge in [-0.3, -0.25) is 0 Å². The van der Waals surface area contributed by atoms with E-state index < -0.39 is 0 Å². The van der Waals surface area contributed by atoms with Gasteiger partial charge in [-0.05, 0) is 37.8 Å². The maximum absolute atomic E-state index is 6.05. The first-order valence-electron chi connectivity index (χ1n) is 6.54. The predicted octanol–water partition coefficient (Wildman–Crippen LogP) is 3.81. The lowest BCUT2D eigenvalue weighted by Crippen LogP contribution is -2.33. The maximum Gasteiger partial charge on any atom is 0.137 e. The number of rotatable bonds is 6. The molecule has 1 aliphatic heterocycles. The summed E-state index contributed by atoms with van der Waals surface area (Å²) in [5, 5.41) is 4.28. The topological polar surface area (TPSA) is 21.3 Å². The first-order valence-corrected chi connectivity index (χ1v) is 6.91. The van der Waals surface area contributed by atoms with E-state index in [9.17, 15) is 0 Å². The van der Waals surface area contributed by atoms with Gasteiger partial charge in [-0.25, -0.2) is 0 Å². The molecule has 98 valence electrons. The molecule has 1 aliphatic rings. The van der Waals surface area contributed by atoms with Crippen molar-refractivity contribution in [3.05, 3.63) is 41.9 Å². The molecule has 2 nitrogen and oxygen atoms in total. The highest BCUT2D eigenvalue weighted by molar-refractivity contribution is 6.32. The lowest BCUT2D eigenvalue weighted by Gasteiger charge is -2.15. The van der Waals surface area contributed by atoms with Crippen LogP contribution in [-0.4, -0.2) is 18.7 Å². The fourth-order valence-electron chi connectivity index (χ4n) is 2.33. The summed E-state index contributed by atoms with van der Waals surface area (Å²) >= 11 is 6.05. The Bertz CT molecular complexity index is 394. The van der Waals surface area contributed by atoms with Gasteiger partial charge >= 0.3 is 0 Å². The molecule has 0 bridgehead atoms. The smallest absolute Gasteiger partial charge is 0.137 e. The quantitative estimate of drug-likeness (QED) is 0.790. The summed E-state index contributed by atoms with van der Waals surface area (Å²) in [5.74, 6) is 0.774. The highest BCUT2D eigenvalue weighted by atomic mass is 35.5. The standard InChI is InChI=1S/C15H20ClNO/c1-2-3-6-12-9-10-13(17-12)11-18-15-8-5-4-7-14(15)16/h2,4-5,7-8,12-13,17H,1,3,6,9-11H2/t12-,13-/m1/s1. The number of nitrogens with one attached hydrogen (secondary N) is 1. The number of halogens is 1. The zero-order chi connectivity index (χ0) is 12.8. The van der Waals surface area contributed by atoms with Crippen LogP contribution in [0.3, 0.4) is 0 Å². The van der Waals surface area contributed by atoms with Gasteiger partial charge in [-0.1, -0.05) is 29.8 Å². The second-order valence-corrected chi connectivity index (χ2v) is 5.15. The van der Waals surface area contributed by atoms with E-state index in [1.807, 2.05) is 30.3 Å². The fourth-order valence-corrected chi connectivity index (χ4v) is 2.52. The Kier molecular flexibility index (Phi) is 5.09. The van der Waals surface area contributed by atoms with Crippen molar-refractivity contribution >= 4 is 11.6 Å². The van der Waals surface area contributed by atoms with Crippen molar-refractivity contribution in [1.29, 1.82) is 0 Å². The summed E-state index contributed by atoms with van der Waals surface area (Å²) in [6, 6.07) is 8.67. The third-order valence-electron chi connectivity index (χ3n) is 3.33. The van der Waals surface area contributed by atoms with Gasteiger partial charge in [0.25, 0.3) is 0 Å². The molecule has 1 aromatic rings. The molecular formula is C15H20ClNO. The molecule has 0 amide bonds. The van der Waals surface area contributed by atoms with Crippen molar-refractivity contribution in [2.75, 3.05) is 6.61 Å². The molecule has 0 unspecified atom stereocenters. The van der Waals surface area contributed by atoms with Gasteiger partial charge in [0.2, 0.25) is 0 Å². The summed E-state index contributed by atoms with van der Waals surface area (Å²) in [7, 11) is 0. The van der Waals surface area contributed by atoms with Crippen LogP contribution in [0.25, 0.3) is 0 Å². The first kappa shape index (κ1) is 13.4. The van der Waals surface area contributed by atoms with Crippen LogP contribution in [0.4, 0.5) is 0 Å². The van der Waals surface area contributed by atoms with E-state index in [0.717, 1.165) is 12.2 Å². The fraction of sp³-hybridized carbons (Fsp3) is 0.467. The van der Waals surface area contributed by atoms with E-state index in [1.165, 1.54) is 19.3 Å². The number of para-hydroxylation sites is 1. The van der Waals surface area contributed by atoms with Crippen LogP contribution in [0.2, 0.25) is 5.02 Å². The van der Waals surface area contributed by atoms with E-state index >= 15 is 0 Å².